The van der Waals surface area contributed by atoms with E-state index in [2.05, 4.69) is 6.58 Å². The largest absolute Gasteiger partial charge is 0.422 e. The first-order valence-electron chi connectivity index (χ1n) is 9.48. The zero-order valence-electron chi connectivity index (χ0n) is 14.8. The SMILES string of the molecule is C=CC1CCC(C2CCC(c3cc(F)c(C(F)(F)F)c(F)c3)CC2)CC1. The second kappa shape index (κ2) is 7.69. The Morgan fingerprint density at radius 3 is 1.69 bits per heavy atom. The third-order valence-corrected chi connectivity index (χ3v) is 6.41. The predicted molar refractivity (Wildman–Crippen MR) is 91.7 cm³/mol. The zero-order valence-corrected chi connectivity index (χ0v) is 14.8. The summed E-state index contributed by atoms with van der Waals surface area (Å²) in [6.07, 6.45) is 5.36. The van der Waals surface area contributed by atoms with E-state index in [4.69, 9.17) is 0 Å². The van der Waals surface area contributed by atoms with Gasteiger partial charge in [-0.25, -0.2) is 8.78 Å². The molecule has 2 fully saturated rings. The van der Waals surface area contributed by atoms with Crippen LogP contribution in [0.1, 0.15) is 68.4 Å². The van der Waals surface area contributed by atoms with E-state index in [0.717, 1.165) is 37.8 Å². The monoisotopic (exact) mass is 372 g/mol. The third-order valence-electron chi connectivity index (χ3n) is 6.41. The molecule has 0 atom stereocenters. The van der Waals surface area contributed by atoms with Gasteiger partial charge in [-0.2, -0.15) is 13.2 Å². The Hall–Kier alpha value is -1.39. The molecule has 0 N–H and O–H groups in total. The number of hydrogen-bond acceptors (Lipinski definition) is 0. The maximum absolute atomic E-state index is 13.8. The molecule has 3 rings (SSSR count). The number of rotatable bonds is 3. The van der Waals surface area contributed by atoms with Crippen LogP contribution in [-0.2, 0) is 6.18 Å². The van der Waals surface area contributed by atoms with Gasteiger partial charge in [0.2, 0.25) is 0 Å². The molecule has 1 aromatic rings. The lowest BCUT2D eigenvalue weighted by atomic mass is 9.68. The summed E-state index contributed by atoms with van der Waals surface area (Å²) in [5.74, 6) is -1.10. The minimum atomic E-state index is -5.01. The van der Waals surface area contributed by atoms with Crippen molar-refractivity contribution in [2.75, 3.05) is 0 Å². The first kappa shape index (κ1) is 19.4. The lowest BCUT2D eigenvalue weighted by Crippen LogP contribution is -2.25. The number of halogens is 5. The standard InChI is InChI=1S/C21H25F5/c1-2-13-3-5-14(6-4-13)15-7-9-16(10-8-15)17-11-18(22)20(19(23)12-17)21(24,25)26/h2,11-16H,1,3-10H2. The summed E-state index contributed by atoms with van der Waals surface area (Å²) in [4.78, 5) is 0. The molecule has 0 heterocycles. The van der Waals surface area contributed by atoms with Gasteiger partial charge in [-0.3, -0.25) is 0 Å². The molecule has 2 aliphatic carbocycles. The van der Waals surface area contributed by atoms with Crippen molar-refractivity contribution in [2.24, 2.45) is 17.8 Å². The van der Waals surface area contributed by atoms with Gasteiger partial charge in [0, 0.05) is 0 Å². The third kappa shape index (κ3) is 4.12. The van der Waals surface area contributed by atoms with Gasteiger partial charge < -0.3 is 0 Å². The number of benzene rings is 1. The molecule has 0 saturated heterocycles. The highest BCUT2D eigenvalue weighted by atomic mass is 19.4. The molecule has 0 spiro atoms. The van der Waals surface area contributed by atoms with Crippen molar-refractivity contribution in [1.29, 1.82) is 0 Å². The summed E-state index contributed by atoms with van der Waals surface area (Å²) < 4.78 is 65.8. The summed E-state index contributed by atoms with van der Waals surface area (Å²) in [6, 6.07) is 1.76. The fourth-order valence-corrected chi connectivity index (χ4v) is 4.88. The van der Waals surface area contributed by atoms with E-state index in [1.54, 1.807) is 0 Å². The van der Waals surface area contributed by atoms with Crippen molar-refractivity contribution in [1.82, 2.24) is 0 Å². The Kier molecular flexibility index (Phi) is 5.73. The van der Waals surface area contributed by atoms with Crippen molar-refractivity contribution in [3.8, 4) is 0 Å². The summed E-state index contributed by atoms with van der Waals surface area (Å²) in [7, 11) is 0. The van der Waals surface area contributed by atoms with E-state index >= 15 is 0 Å². The normalized spacial score (nSPS) is 30.2. The van der Waals surface area contributed by atoms with Gasteiger partial charge in [0.25, 0.3) is 0 Å². The van der Waals surface area contributed by atoms with Gasteiger partial charge in [0.1, 0.15) is 17.2 Å². The van der Waals surface area contributed by atoms with Gasteiger partial charge in [0.15, 0.2) is 0 Å². The summed E-state index contributed by atoms with van der Waals surface area (Å²) in [6.45, 7) is 3.87. The van der Waals surface area contributed by atoms with Crippen molar-refractivity contribution in [2.45, 2.75) is 63.5 Å². The Bertz CT molecular complexity index is 609. The van der Waals surface area contributed by atoms with Gasteiger partial charge in [0.05, 0.1) is 0 Å². The van der Waals surface area contributed by atoms with Crippen LogP contribution >= 0.6 is 0 Å². The van der Waals surface area contributed by atoms with Crippen LogP contribution in [0, 0.1) is 29.4 Å². The molecule has 144 valence electrons. The average Bonchev–Trinajstić information content (AvgIpc) is 2.60. The molecule has 26 heavy (non-hydrogen) atoms. The van der Waals surface area contributed by atoms with Crippen LogP contribution in [0.2, 0.25) is 0 Å². The highest BCUT2D eigenvalue weighted by molar-refractivity contribution is 5.30. The topological polar surface area (TPSA) is 0 Å². The van der Waals surface area contributed by atoms with E-state index in [1.807, 2.05) is 6.08 Å². The number of hydrogen-bond donors (Lipinski definition) is 0. The molecule has 0 aliphatic heterocycles. The van der Waals surface area contributed by atoms with Gasteiger partial charge in [-0.05, 0) is 92.7 Å². The fourth-order valence-electron chi connectivity index (χ4n) is 4.88. The van der Waals surface area contributed by atoms with Crippen molar-refractivity contribution in [3.63, 3.8) is 0 Å². The second-order valence-corrected chi connectivity index (χ2v) is 7.88. The Balaban J connectivity index is 1.63. The van der Waals surface area contributed by atoms with E-state index in [1.165, 1.54) is 25.7 Å². The molecule has 2 saturated carbocycles. The summed E-state index contributed by atoms with van der Waals surface area (Å²) in [5, 5.41) is 0. The predicted octanol–water partition coefficient (Wildman–Crippen LogP) is 7.25. The van der Waals surface area contributed by atoms with Crippen molar-refractivity contribution < 1.29 is 22.0 Å². The summed E-state index contributed by atoms with van der Waals surface area (Å²) in [5.41, 5.74) is -1.42. The number of allylic oxidation sites excluding steroid dienone is 1. The highest BCUT2D eigenvalue weighted by Gasteiger charge is 2.38. The number of alkyl halides is 3. The van der Waals surface area contributed by atoms with E-state index in [9.17, 15) is 22.0 Å². The molecule has 0 unspecified atom stereocenters. The smallest absolute Gasteiger partial charge is 0.206 e. The lowest BCUT2D eigenvalue weighted by molar-refractivity contribution is -0.142. The van der Waals surface area contributed by atoms with Gasteiger partial charge in [-0.1, -0.05) is 6.08 Å². The molecule has 0 amide bonds. The fraction of sp³-hybridized carbons (Fsp3) is 0.619. The van der Waals surface area contributed by atoms with Crippen molar-refractivity contribution >= 4 is 0 Å². The maximum Gasteiger partial charge on any atom is 0.422 e. The molecular weight excluding hydrogens is 347 g/mol. The molecule has 0 bridgehead atoms. The molecule has 0 radical (unpaired) electrons. The minimum Gasteiger partial charge on any atom is -0.206 e. The van der Waals surface area contributed by atoms with Crippen LogP contribution in [-0.4, -0.2) is 0 Å². The Labute approximate surface area is 151 Å². The van der Waals surface area contributed by atoms with Crippen LogP contribution < -0.4 is 0 Å². The molecule has 0 nitrogen and oxygen atoms in total. The maximum atomic E-state index is 13.8. The molecule has 2 aliphatic rings. The van der Waals surface area contributed by atoms with E-state index in [0.29, 0.717) is 23.3 Å². The van der Waals surface area contributed by atoms with E-state index in [-0.39, 0.29) is 5.92 Å². The van der Waals surface area contributed by atoms with Crippen LogP contribution in [0.25, 0.3) is 0 Å². The molecule has 1 aromatic carbocycles. The zero-order chi connectivity index (χ0) is 18.9. The minimum absolute atomic E-state index is 0.0537. The highest BCUT2D eigenvalue weighted by Crippen LogP contribution is 2.45. The molecular formula is C21H25F5. The molecule has 5 heteroatoms. The Morgan fingerprint density at radius 2 is 1.27 bits per heavy atom. The van der Waals surface area contributed by atoms with Crippen LogP contribution in [0.15, 0.2) is 24.8 Å². The first-order chi connectivity index (χ1) is 12.3. The second-order valence-electron chi connectivity index (χ2n) is 7.88. The van der Waals surface area contributed by atoms with Crippen LogP contribution in [0.3, 0.4) is 0 Å². The lowest BCUT2D eigenvalue weighted by Gasteiger charge is -2.37. The Morgan fingerprint density at radius 1 is 0.808 bits per heavy atom. The van der Waals surface area contributed by atoms with Crippen LogP contribution in [0.5, 0.6) is 0 Å². The van der Waals surface area contributed by atoms with Gasteiger partial charge >= 0.3 is 6.18 Å². The van der Waals surface area contributed by atoms with Crippen LogP contribution in [0.4, 0.5) is 22.0 Å². The molecule has 0 aromatic heterocycles. The van der Waals surface area contributed by atoms with E-state index < -0.39 is 23.4 Å². The summed E-state index contributed by atoms with van der Waals surface area (Å²) >= 11 is 0. The first-order valence-corrected chi connectivity index (χ1v) is 9.48. The quantitative estimate of drug-likeness (QED) is 0.387. The van der Waals surface area contributed by atoms with Gasteiger partial charge in [-0.15, -0.1) is 6.58 Å². The van der Waals surface area contributed by atoms with Crippen molar-refractivity contribution in [3.05, 3.63) is 47.5 Å². The average molecular weight is 372 g/mol.